The fourth-order valence-electron chi connectivity index (χ4n) is 2.54. The summed E-state index contributed by atoms with van der Waals surface area (Å²) in [4.78, 5) is 11.3. The van der Waals surface area contributed by atoms with E-state index in [0.29, 0.717) is 5.70 Å². The summed E-state index contributed by atoms with van der Waals surface area (Å²) < 4.78 is 0. The van der Waals surface area contributed by atoms with Crippen LogP contribution in [0.2, 0.25) is 0 Å². The lowest BCUT2D eigenvalue weighted by Gasteiger charge is -2.22. The van der Waals surface area contributed by atoms with Crippen LogP contribution < -0.4 is 5.32 Å². The number of halogens is 1. The van der Waals surface area contributed by atoms with E-state index in [1.165, 1.54) is 6.08 Å². The largest absolute Gasteiger partial charge is 0.478 e. The molecule has 1 atom stereocenters. The molecule has 118 valence electrons. The topological polar surface area (TPSA) is 73.1 Å². The Kier molecular flexibility index (Phi) is 4.37. The van der Waals surface area contributed by atoms with Crippen LogP contribution in [0.4, 0.5) is 0 Å². The fraction of sp³-hybridized carbons (Fsp3) is 0.0526. The van der Waals surface area contributed by atoms with Crippen LogP contribution in [0.1, 0.15) is 5.56 Å². The third-order valence-electron chi connectivity index (χ3n) is 3.77. The average molecular weight is 337 g/mol. The molecule has 0 bridgehead atoms. The summed E-state index contributed by atoms with van der Waals surface area (Å²) in [5.74, 6) is -1.17. The maximum atomic E-state index is 11.3. The number of aliphatic carboxylic acids is 1. The van der Waals surface area contributed by atoms with Crippen molar-refractivity contribution in [3.05, 3.63) is 77.4 Å². The minimum atomic E-state index is -1.17. The number of hydrogen-bond acceptors (Lipinski definition) is 3. The van der Waals surface area contributed by atoms with Gasteiger partial charge in [-0.1, -0.05) is 66.2 Å². The molecule has 0 aromatic heterocycles. The first-order valence-corrected chi connectivity index (χ1v) is 7.69. The summed E-state index contributed by atoms with van der Waals surface area (Å²) in [5.41, 5.74) is 2.59. The Morgan fingerprint density at radius 2 is 1.62 bits per heavy atom. The van der Waals surface area contributed by atoms with Crippen LogP contribution in [0.5, 0.6) is 0 Å². The summed E-state index contributed by atoms with van der Waals surface area (Å²) in [6, 6.07) is 19.5. The minimum Gasteiger partial charge on any atom is -0.478 e. The Morgan fingerprint density at radius 1 is 1.04 bits per heavy atom. The van der Waals surface area contributed by atoms with Crippen molar-refractivity contribution in [1.82, 2.24) is 5.32 Å². The molecular formula is C19H13ClN2O2. The number of carboxylic acid groups (broad SMARTS) is 1. The van der Waals surface area contributed by atoms with Gasteiger partial charge in [-0.15, -0.1) is 0 Å². The van der Waals surface area contributed by atoms with E-state index in [1.807, 2.05) is 60.7 Å². The number of nitrogens with zero attached hydrogens (tertiary/aromatic N) is 1. The van der Waals surface area contributed by atoms with Crippen molar-refractivity contribution in [2.24, 2.45) is 0 Å². The molecule has 0 spiro atoms. The van der Waals surface area contributed by atoms with Crippen molar-refractivity contribution in [3.63, 3.8) is 0 Å². The van der Waals surface area contributed by atoms with Gasteiger partial charge in [0.25, 0.3) is 0 Å². The highest BCUT2D eigenvalue weighted by Crippen LogP contribution is 2.27. The molecule has 0 amide bonds. The number of carboxylic acids is 1. The Hall–Kier alpha value is -3.03. The summed E-state index contributed by atoms with van der Waals surface area (Å²) in [6.45, 7) is 0. The van der Waals surface area contributed by atoms with Gasteiger partial charge in [-0.3, -0.25) is 0 Å². The molecule has 3 rings (SSSR count). The molecule has 1 aliphatic rings. The standard InChI is InChI=1S/C19H13ClN2O2/c20-18-16(11-21)15(19(23)24)10-17(22-18)14-8-6-13(7-9-14)12-4-2-1-3-5-12/h1-10,18,22H,(H,23,24). The highest BCUT2D eigenvalue weighted by molar-refractivity contribution is 6.24. The molecule has 1 heterocycles. The Balaban J connectivity index is 1.97. The number of alkyl halides is 1. The van der Waals surface area contributed by atoms with Crippen molar-refractivity contribution in [2.75, 3.05) is 0 Å². The molecule has 4 nitrogen and oxygen atoms in total. The highest BCUT2D eigenvalue weighted by atomic mass is 35.5. The highest BCUT2D eigenvalue weighted by Gasteiger charge is 2.25. The lowest BCUT2D eigenvalue weighted by atomic mass is 9.98. The molecular weight excluding hydrogens is 324 g/mol. The lowest BCUT2D eigenvalue weighted by Crippen LogP contribution is -2.29. The molecule has 5 heteroatoms. The molecule has 0 aliphatic carbocycles. The number of benzene rings is 2. The Morgan fingerprint density at radius 3 is 2.21 bits per heavy atom. The first-order valence-electron chi connectivity index (χ1n) is 7.26. The van der Waals surface area contributed by atoms with E-state index in [-0.39, 0.29) is 11.1 Å². The van der Waals surface area contributed by atoms with E-state index in [9.17, 15) is 9.90 Å². The normalized spacial score (nSPS) is 16.8. The Labute approximate surface area is 144 Å². The van der Waals surface area contributed by atoms with Crippen LogP contribution in [0, 0.1) is 11.3 Å². The number of dihydropyridines is 1. The lowest BCUT2D eigenvalue weighted by molar-refractivity contribution is -0.132. The van der Waals surface area contributed by atoms with E-state index in [4.69, 9.17) is 16.9 Å². The van der Waals surface area contributed by atoms with Crippen LogP contribution in [0.25, 0.3) is 16.8 Å². The zero-order valence-electron chi connectivity index (χ0n) is 12.5. The van der Waals surface area contributed by atoms with Crippen LogP contribution in [0.15, 0.2) is 71.8 Å². The van der Waals surface area contributed by atoms with Crippen molar-refractivity contribution in [3.8, 4) is 17.2 Å². The van der Waals surface area contributed by atoms with E-state index in [2.05, 4.69) is 5.32 Å². The van der Waals surface area contributed by atoms with Crippen LogP contribution in [-0.4, -0.2) is 16.6 Å². The molecule has 0 fully saturated rings. The molecule has 1 unspecified atom stereocenters. The van der Waals surface area contributed by atoms with Crippen LogP contribution >= 0.6 is 11.6 Å². The summed E-state index contributed by atoms with van der Waals surface area (Å²) in [6.07, 6.45) is 1.44. The predicted molar refractivity (Wildman–Crippen MR) is 92.9 cm³/mol. The molecule has 24 heavy (non-hydrogen) atoms. The second-order valence-corrected chi connectivity index (χ2v) is 5.69. The van der Waals surface area contributed by atoms with E-state index >= 15 is 0 Å². The second kappa shape index (κ2) is 6.61. The third-order valence-corrected chi connectivity index (χ3v) is 4.10. The third kappa shape index (κ3) is 3.03. The summed E-state index contributed by atoms with van der Waals surface area (Å²) >= 11 is 6.10. The zero-order chi connectivity index (χ0) is 17.1. The minimum absolute atomic E-state index is 0.00817. The SMILES string of the molecule is N#CC1=C(C(=O)O)C=C(c2ccc(-c3ccccc3)cc2)NC1Cl. The summed E-state index contributed by atoms with van der Waals surface area (Å²) in [7, 11) is 0. The second-order valence-electron chi connectivity index (χ2n) is 5.25. The van der Waals surface area contributed by atoms with Crippen LogP contribution in [0.3, 0.4) is 0 Å². The summed E-state index contributed by atoms with van der Waals surface area (Å²) in [5, 5.41) is 21.3. The number of nitriles is 1. The van der Waals surface area contributed by atoms with Gasteiger partial charge in [0, 0.05) is 5.70 Å². The van der Waals surface area contributed by atoms with Gasteiger partial charge in [0.1, 0.15) is 5.50 Å². The molecule has 0 saturated carbocycles. The molecule has 2 aromatic carbocycles. The maximum Gasteiger partial charge on any atom is 0.336 e. The average Bonchev–Trinajstić information content (AvgIpc) is 2.62. The molecule has 0 saturated heterocycles. The van der Waals surface area contributed by atoms with Gasteiger partial charge in [0.15, 0.2) is 0 Å². The van der Waals surface area contributed by atoms with Gasteiger partial charge in [0.05, 0.1) is 17.2 Å². The zero-order valence-corrected chi connectivity index (χ0v) is 13.3. The number of carbonyl (C=O) groups is 1. The van der Waals surface area contributed by atoms with Gasteiger partial charge in [-0.2, -0.15) is 5.26 Å². The van der Waals surface area contributed by atoms with E-state index in [1.54, 1.807) is 0 Å². The Bertz CT molecular complexity index is 878. The van der Waals surface area contributed by atoms with Gasteiger partial charge >= 0.3 is 5.97 Å². The van der Waals surface area contributed by atoms with Crippen LogP contribution in [-0.2, 0) is 4.79 Å². The van der Waals surface area contributed by atoms with E-state index < -0.39 is 11.5 Å². The maximum absolute atomic E-state index is 11.3. The van der Waals surface area contributed by atoms with E-state index in [0.717, 1.165) is 16.7 Å². The molecule has 0 radical (unpaired) electrons. The number of rotatable bonds is 3. The van der Waals surface area contributed by atoms with Gasteiger partial charge < -0.3 is 10.4 Å². The molecule has 2 N–H and O–H groups in total. The van der Waals surface area contributed by atoms with Crippen molar-refractivity contribution in [2.45, 2.75) is 5.50 Å². The fourth-order valence-corrected chi connectivity index (χ4v) is 2.83. The monoisotopic (exact) mass is 336 g/mol. The molecule has 1 aliphatic heterocycles. The predicted octanol–water partition coefficient (Wildman–Crippen LogP) is 3.77. The van der Waals surface area contributed by atoms with Gasteiger partial charge in [0.2, 0.25) is 0 Å². The number of nitrogens with one attached hydrogen (secondary N) is 1. The van der Waals surface area contributed by atoms with Crippen molar-refractivity contribution < 1.29 is 9.90 Å². The van der Waals surface area contributed by atoms with Gasteiger partial charge in [-0.05, 0) is 22.8 Å². The first kappa shape index (κ1) is 15.9. The van der Waals surface area contributed by atoms with Crippen molar-refractivity contribution >= 4 is 23.3 Å². The smallest absolute Gasteiger partial charge is 0.336 e. The van der Waals surface area contributed by atoms with Crippen molar-refractivity contribution in [1.29, 1.82) is 5.26 Å². The quantitative estimate of drug-likeness (QED) is 0.661. The molecule has 2 aromatic rings. The van der Waals surface area contributed by atoms with Gasteiger partial charge in [-0.25, -0.2) is 4.79 Å². The number of hydrogen-bond donors (Lipinski definition) is 2. The first-order chi connectivity index (χ1) is 11.6.